The first-order valence-corrected chi connectivity index (χ1v) is 17.1. The first kappa shape index (κ1) is 24.7. The second-order valence-electron chi connectivity index (χ2n) is 7.35. The van der Waals surface area contributed by atoms with Gasteiger partial charge in [-0.15, -0.1) is 0 Å². The Morgan fingerprint density at radius 1 is 0.667 bits per heavy atom. The molecule has 3 nitrogen and oxygen atoms in total. The minimum absolute atomic E-state index is 0.780. The van der Waals surface area contributed by atoms with Crippen LogP contribution in [0.2, 0.25) is 25.7 Å². The van der Waals surface area contributed by atoms with Crippen LogP contribution < -0.4 is 0 Å². The van der Waals surface area contributed by atoms with Crippen LogP contribution in [0.25, 0.3) is 0 Å². The van der Waals surface area contributed by atoms with Gasteiger partial charge in [-0.2, -0.15) is 11.2 Å². The van der Waals surface area contributed by atoms with E-state index in [4.69, 9.17) is 13.3 Å². The highest BCUT2D eigenvalue weighted by molar-refractivity contribution is 8.28. The van der Waals surface area contributed by atoms with Gasteiger partial charge in [0.1, 0.15) is 7.22 Å². The zero-order chi connectivity index (χ0) is 18.3. The fraction of sp³-hybridized carbons (Fsp3) is 1.00. The molecule has 0 aromatic heterocycles. The number of hydrogen-bond donors (Lipinski definition) is 0. The van der Waals surface area contributed by atoms with Crippen molar-refractivity contribution in [2.75, 3.05) is 25.6 Å². The molecule has 0 aliphatic rings. The first-order valence-electron chi connectivity index (χ1n) is 9.95. The van der Waals surface area contributed by atoms with E-state index in [1.807, 2.05) is 0 Å². The monoisotopic (exact) mass is 394 g/mol. The summed E-state index contributed by atoms with van der Waals surface area (Å²) in [6, 6.07) is 0.974. The maximum Gasteiger partial charge on any atom is 0.500 e. The Hall–Kier alpha value is 0.664. The maximum absolute atomic E-state index is 6.29. The van der Waals surface area contributed by atoms with Gasteiger partial charge in [0.15, 0.2) is 0 Å². The molecule has 0 unspecified atom stereocenters. The van der Waals surface area contributed by atoms with Crippen LogP contribution in [0.5, 0.6) is 0 Å². The lowest BCUT2D eigenvalue weighted by molar-refractivity contribution is 0.0562. The van der Waals surface area contributed by atoms with Crippen LogP contribution in [0.15, 0.2) is 0 Å². The summed E-state index contributed by atoms with van der Waals surface area (Å²) in [4.78, 5) is 0. The normalized spacial score (nSPS) is 12.8. The molecule has 0 heterocycles. The Balaban J connectivity index is 4.65. The summed E-state index contributed by atoms with van der Waals surface area (Å²) in [6.07, 6.45) is 7.87. The highest BCUT2D eigenvalue weighted by Crippen LogP contribution is 2.25. The summed E-state index contributed by atoms with van der Waals surface area (Å²) >= 11 is 2.15. The van der Waals surface area contributed by atoms with Gasteiger partial charge < -0.3 is 13.3 Å². The molecule has 0 N–H and O–H groups in total. The third kappa shape index (κ3) is 13.9. The molecule has 146 valence electrons. The molecule has 0 spiro atoms. The first-order chi connectivity index (χ1) is 11.4. The van der Waals surface area contributed by atoms with E-state index < -0.39 is 16.0 Å². The van der Waals surface area contributed by atoms with Crippen molar-refractivity contribution in [3.8, 4) is 0 Å². The van der Waals surface area contributed by atoms with Crippen molar-refractivity contribution in [3.05, 3.63) is 0 Å². The van der Waals surface area contributed by atoms with Gasteiger partial charge in [-0.3, -0.25) is 0 Å². The van der Waals surface area contributed by atoms with E-state index in [1.165, 1.54) is 5.75 Å². The van der Waals surface area contributed by atoms with Crippen LogP contribution in [-0.4, -0.2) is 41.6 Å². The Kier molecular flexibility index (Phi) is 15.2. The topological polar surface area (TPSA) is 27.7 Å². The lowest BCUT2D eigenvalue weighted by Gasteiger charge is -2.30. The predicted molar refractivity (Wildman–Crippen MR) is 114 cm³/mol. The van der Waals surface area contributed by atoms with Crippen LogP contribution in [0, 0.1) is 0 Å². The molecule has 0 aromatic rings. The smallest absolute Gasteiger partial charge is 0.373 e. The summed E-state index contributed by atoms with van der Waals surface area (Å²) in [5.41, 5.74) is 0. The third-order valence-electron chi connectivity index (χ3n) is 3.62. The standard InChI is InChI=1S/C18H42O3SSi2/c1-7-10-14-19-24(20-15-11-8-2,21-16-12-9-3)18-13-17-22-23(4,5)6/h7-18H2,1-6H3. The van der Waals surface area contributed by atoms with Crippen molar-refractivity contribution >= 4 is 27.2 Å². The predicted octanol–water partition coefficient (Wildman–Crippen LogP) is 6.33. The Labute approximate surface area is 157 Å². The zero-order valence-corrected chi connectivity index (χ0v) is 19.9. The van der Waals surface area contributed by atoms with Crippen LogP contribution in [0.1, 0.15) is 65.7 Å². The lowest BCUT2D eigenvalue weighted by atomic mass is 10.4. The lowest BCUT2D eigenvalue weighted by Crippen LogP contribution is -2.46. The van der Waals surface area contributed by atoms with Crippen LogP contribution in [0.3, 0.4) is 0 Å². The molecule has 0 fully saturated rings. The Bertz CT molecular complexity index is 259. The van der Waals surface area contributed by atoms with Gasteiger partial charge in [0, 0.05) is 25.9 Å². The number of rotatable bonds is 17. The molecule has 0 aromatic carbocycles. The SMILES string of the molecule is CCCCO[Si](CCCS[Si](C)(C)C)(OCCCC)OCCCC. The highest BCUT2D eigenvalue weighted by atomic mass is 32.4. The molecular weight excluding hydrogens is 352 g/mol. The summed E-state index contributed by atoms with van der Waals surface area (Å²) in [5.74, 6) is 1.20. The van der Waals surface area contributed by atoms with E-state index in [1.54, 1.807) is 0 Å². The van der Waals surface area contributed by atoms with Crippen LogP contribution in [0.4, 0.5) is 0 Å². The van der Waals surface area contributed by atoms with Crippen molar-refractivity contribution < 1.29 is 13.3 Å². The van der Waals surface area contributed by atoms with Gasteiger partial charge in [-0.05, 0) is 31.4 Å². The molecule has 0 radical (unpaired) electrons. The van der Waals surface area contributed by atoms with Gasteiger partial charge in [0.05, 0.1) is 0 Å². The van der Waals surface area contributed by atoms with E-state index in [9.17, 15) is 0 Å². The third-order valence-corrected chi connectivity index (χ3v) is 11.1. The number of unbranched alkanes of at least 4 members (excludes halogenated alkanes) is 3. The molecule has 6 heteroatoms. The van der Waals surface area contributed by atoms with Gasteiger partial charge in [0.2, 0.25) is 0 Å². The minimum atomic E-state index is -2.50. The maximum atomic E-state index is 6.29. The van der Waals surface area contributed by atoms with Crippen molar-refractivity contribution in [1.82, 2.24) is 0 Å². The van der Waals surface area contributed by atoms with Crippen molar-refractivity contribution in [3.63, 3.8) is 0 Å². The Morgan fingerprint density at radius 3 is 1.42 bits per heavy atom. The minimum Gasteiger partial charge on any atom is -0.373 e. The van der Waals surface area contributed by atoms with Crippen LogP contribution in [-0.2, 0) is 13.3 Å². The fourth-order valence-electron chi connectivity index (χ4n) is 2.12. The quantitative estimate of drug-likeness (QED) is 0.213. The molecule has 0 amide bonds. The summed E-state index contributed by atoms with van der Waals surface area (Å²) in [6.45, 7) is 16.2. The second kappa shape index (κ2) is 14.8. The van der Waals surface area contributed by atoms with Gasteiger partial charge in [-0.1, -0.05) is 59.7 Å². The summed E-state index contributed by atoms with van der Waals surface area (Å²) in [7, 11) is -3.54. The zero-order valence-electron chi connectivity index (χ0n) is 17.1. The van der Waals surface area contributed by atoms with Gasteiger partial charge in [-0.25, -0.2) is 0 Å². The van der Waals surface area contributed by atoms with Crippen molar-refractivity contribution in [2.45, 2.75) is 91.4 Å². The van der Waals surface area contributed by atoms with E-state index in [-0.39, 0.29) is 0 Å². The van der Waals surface area contributed by atoms with Crippen molar-refractivity contribution in [2.24, 2.45) is 0 Å². The molecular formula is C18H42O3SSi2. The number of hydrogen-bond acceptors (Lipinski definition) is 4. The van der Waals surface area contributed by atoms with E-state index in [0.717, 1.165) is 70.8 Å². The average molecular weight is 395 g/mol. The molecule has 0 bridgehead atoms. The summed E-state index contributed by atoms with van der Waals surface area (Å²) in [5, 5.41) is 0. The molecule has 0 atom stereocenters. The molecule has 0 saturated carbocycles. The van der Waals surface area contributed by atoms with Crippen molar-refractivity contribution in [1.29, 1.82) is 0 Å². The average Bonchev–Trinajstić information content (AvgIpc) is 2.51. The second-order valence-corrected chi connectivity index (χ2v) is 19.5. The van der Waals surface area contributed by atoms with Crippen LogP contribution >= 0.6 is 11.2 Å². The molecule has 0 saturated heterocycles. The van der Waals surface area contributed by atoms with E-state index in [2.05, 4.69) is 51.6 Å². The van der Waals surface area contributed by atoms with Gasteiger partial charge >= 0.3 is 8.80 Å². The fourth-order valence-corrected chi connectivity index (χ4v) is 8.21. The largest absolute Gasteiger partial charge is 0.500 e. The van der Waals surface area contributed by atoms with E-state index in [0.29, 0.717) is 0 Å². The molecule has 0 aliphatic carbocycles. The Morgan fingerprint density at radius 2 is 1.08 bits per heavy atom. The summed E-state index contributed by atoms with van der Waals surface area (Å²) < 4.78 is 18.9. The van der Waals surface area contributed by atoms with Gasteiger partial charge in [0.25, 0.3) is 0 Å². The highest BCUT2D eigenvalue weighted by Gasteiger charge is 2.40. The molecule has 0 aliphatic heterocycles. The van der Waals surface area contributed by atoms with E-state index >= 15 is 0 Å². The molecule has 24 heavy (non-hydrogen) atoms. The molecule has 0 rings (SSSR count).